The highest BCUT2D eigenvalue weighted by Crippen LogP contribution is 2.27. The summed E-state index contributed by atoms with van der Waals surface area (Å²) in [5.41, 5.74) is 5.61. The predicted octanol–water partition coefficient (Wildman–Crippen LogP) is 2.88. The molecule has 1 heterocycles. The van der Waals surface area contributed by atoms with Gasteiger partial charge in [0.05, 0.1) is 6.04 Å². The van der Waals surface area contributed by atoms with Gasteiger partial charge in [-0.25, -0.2) is 0 Å². The number of pyridine rings is 1. The van der Waals surface area contributed by atoms with E-state index >= 15 is 0 Å². The molecule has 0 fully saturated rings. The molecule has 1 aromatic heterocycles. The van der Waals surface area contributed by atoms with Gasteiger partial charge in [-0.2, -0.15) is 0 Å². The first-order chi connectivity index (χ1) is 8.88. The monoisotopic (exact) mass is 238 g/mol. The summed E-state index contributed by atoms with van der Waals surface area (Å²) in [4.78, 5) is 4.21. The van der Waals surface area contributed by atoms with E-state index in [9.17, 15) is 0 Å². The molecule has 0 spiro atoms. The summed E-state index contributed by atoms with van der Waals surface area (Å²) in [6.07, 6.45) is 7.53. The average Bonchev–Trinajstić information content (AvgIpc) is 2.88. The predicted molar refractivity (Wildman–Crippen MR) is 73.6 cm³/mol. The van der Waals surface area contributed by atoms with Crippen LogP contribution in [0.15, 0.2) is 42.7 Å². The van der Waals surface area contributed by atoms with Gasteiger partial charge in [-0.15, -0.1) is 0 Å². The van der Waals surface area contributed by atoms with Crippen molar-refractivity contribution in [3.63, 3.8) is 0 Å². The van der Waals surface area contributed by atoms with Crippen molar-refractivity contribution >= 4 is 0 Å². The zero-order valence-corrected chi connectivity index (χ0v) is 10.7. The molecule has 1 unspecified atom stereocenters. The van der Waals surface area contributed by atoms with Gasteiger partial charge in [0.2, 0.25) is 0 Å². The first-order valence-corrected chi connectivity index (χ1v) is 6.57. The summed E-state index contributed by atoms with van der Waals surface area (Å²) in [7, 11) is 2.00. The van der Waals surface area contributed by atoms with E-state index in [2.05, 4.69) is 34.6 Å². The van der Waals surface area contributed by atoms with Gasteiger partial charge in [0, 0.05) is 12.4 Å². The minimum absolute atomic E-state index is 0.240. The Hall–Kier alpha value is -1.67. The molecular weight excluding hydrogens is 220 g/mol. The topological polar surface area (TPSA) is 24.9 Å². The third-order valence-electron chi connectivity index (χ3n) is 3.76. The van der Waals surface area contributed by atoms with Crippen molar-refractivity contribution in [2.75, 3.05) is 7.05 Å². The Morgan fingerprint density at radius 3 is 2.78 bits per heavy atom. The Kier molecular flexibility index (Phi) is 3.11. The molecule has 18 heavy (non-hydrogen) atoms. The average molecular weight is 238 g/mol. The molecule has 2 nitrogen and oxygen atoms in total. The van der Waals surface area contributed by atoms with Crippen LogP contribution >= 0.6 is 0 Å². The lowest BCUT2D eigenvalue weighted by molar-refractivity contribution is 0.688. The third-order valence-corrected chi connectivity index (χ3v) is 3.76. The molecular formula is C16H18N2. The van der Waals surface area contributed by atoms with Gasteiger partial charge in [-0.1, -0.05) is 24.3 Å². The number of hydrogen-bond donors (Lipinski definition) is 1. The molecule has 1 atom stereocenters. The van der Waals surface area contributed by atoms with Crippen molar-refractivity contribution in [2.24, 2.45) is 0 Å². The Labute approximate surface area is 108 Å². The Morgan fingerprint density at radius 1 is 1.11 bits per heavy atom. The fourth-order valence-electron chi connectivity index (χ4n) is 2.84. The zero-order chi connectivity index (χ0) is 12.4. The molecule has 0 saturated carbocycles. The number of benzene rings is 1. The van der Waals surface area contributed by atoms with Crippen LogP contribution in [0.3, 0.4) is 0 Å². The van der Waals surface area contributed by atoms with E-state index in [1.54, 1.807) is 0 Å². The molecule has 1 N–H and O–H groups in total. The SMILES string of the molecule is CNC(c1cccnc1)c1ccc2c(c1)CCC2. The molecule has 0 aliphatic heterocycles. The Bertz CT molecular complexity index is 534. The lowest BCUT2D eigenvalue weighted by Crippen LogP contribution is -2.18. The molecule has 0 saturated heterocycles. The highest BCUT2D eigenvalue weighted by atomic mass is 14.9. The van der Waals surface area contributed by atoms with Crippen LogP contribution in [-0.4, -0.2) is 12.0 Å². The second-order valence-corrected chi connectivity index (χ2v) is 4.89. The first-order valence-electron chi connectivity index (χ1n) is 6.57. The molecule has 2 heteroatoms. The van der Waals surface area contributed by atoms with Gasteiger partial charge in [0.15, 0.2) is 0 Å². The van der Waals surface area contributed by atoms with Crippen molar-refractivity contribution in [2.45, 2.75) is 25.3 Å². The maximum Gasteiger partial charge on any atom is 0.0589 e. The van der Waals surface area contributed by atoms with Crippen molar-refractivity contribution in [3.05, 3.63) is 65.0 Å². The summed E-state index contributed by atoms with van der Waals surface area (Å²) in [5, 5.41) is 3.39. The number of nitrogens with one attached hydrogen (secondary N) is 1. The fraction of sp³-hybridized carbons (Fsp3) is 0.312. The quantitative estimate of drug-likeness (QED) is 0.889. The number of aryl methyl sites for hydroxylation is 2. The number of fused-ring (bicyclic) bond motifs is 1. The maximum absolute atomic E-state index is 4.21. The van der Waals surface area contributed by atoms with Gasteiger partial charge in [0.1, 0.15) is 0 Å². The Balaban J connectivity index is 1.97. The summed E-state index contributed by atoms with van der Waals surface area (Å²) in [6.45, 7) is 0. The molecule has 92 valence electrons. The van der Waals surface area contributed by atoms with Crippen LogP contribution in [0.5, 0.6) is 0 Å². The first kappa shape index (κ1) is 11.4. The molecule has 0 radical (unpaired) electrons. The van der Waals surface area contributed by atoms with E-state index in [0.717, 1.165) is 0 Å². The highest BCUT2D eigenvalue weighted by molar-refractivity contribution is 5.39. The number of nitrogens with zero attached hydrogens (tertiary/aromatic N) is 1. The molecule has 1 aliphatic carbocycles. The van der Waals surface area contributed by atoms with Crippen LogP contribution in [0, 0.1) is 0 Å². The van der Waals surface area contributed by atoms with Crippen LogP contribution in [0.4, 0.5) is 0 Å². The lowest BCUT2D eigenvalue weighted by Gasteiger charge is -2.17. The van der Waals surface area contributed by atoms with Crippen molar-refractivity contribution in [1.82, 2.24) is 10.3 Å². The van der Waals surface area contributed by atoms with Crippen molar-refractivity contribution < 1.29 is 0 Å². The molecule has 2 aromatic rings. The summed E-state index contributed by atoms with van der Waals surface area (Å²) < 4.78 is 0. The van der Waals surface area contributed by atoms with Crippen LogP contribution in [0.2, 0.25) is 0 Å². The van der Waals surface area contributed by atoms with Gasteiger partial charge in [-0.05, 0) is 54.6 Å². The van der Waals surface area contributed by atoms with Crippen molar-refractivity contribution in [1.29, 1.82) is 0 Å². The van der Waals surface area contributed by atoms with Crippen LogP contribution in [-0.2, 0) is 12.8 Å². The fourth-order valence-corrected chi connectivity index (χ4v) is 2.84. The third kappa shape index (κ3) is 2.04. The molecule has 0 amide bonds. The van der Waals surface area contributed by atoms with E-state index in [1.807, 2.05) is 25.5 Å². The summed E-state index contributed by atoms with van der Waals surface area (Å²) in [6, 6.07) is 11.3. The van der Waals surface area contributed by atoms with Crippen LogP contribution in [0.25, 0.3) is 0 Å². The summed E-state index contributed by atoms with van der Waals surface area (Å²) >= 11 is 0. The largest absolute Gasteiger partial charge is 0.309 e. The minimum Gasteiger partial charge on any atom is -0.309 e. The van der Waals surface area contributed by atoms with Gasteiger partial charge in [0.25, 0.3) is 0 Å². The van der Waals surface area contributed by atoms with E-state index in [-0.39, 0.29) is 6.04 Å². The van der Waals surface area contributed by atoms with Crippen molar-refractivity contribution in [3.8, 4) is 0 Å². The normalized spacial score (nSPS) is 15.4. The zero-order valence-electron chi connectivity index (χ0n) is 10.7. The second-order valence-electron chi connectivity index (χ2n) is 4.89. The second kappa shape index (κ2) is 4.91. The number of rotatable bonds is 3. The summed E-state index contributed by atoms with van der Waals surface area (Å²) in [5.74, 6) is 0. The smallest absolute Gasteiger partial charge is 0.0589 e. The number of hydrogen-bond acceptors (Lipinski definition) is 2. The van der Waals surface area contributed by atoms with Gasteiger partial charge < -0.3 is 5.32 Å². The molecule has 0 bridgehead atoms. The lowest BCUT2D eigenvalue weighted by atomic mass is 9.97. The number of aromatic nitrogens is 1. The van der Waals surface area contributed by atoms with Gasteiger partial charge >= 0.3 is 0 Å². The van der Waals surface area contributed by atoms with E-state index < -0.39 is 0 Å². The van der Waals surface area contributed by atoms with Gasteiger partial charge in [-0.3, -0.25) is 4.98 Å². The Morgan fingerprint density at radius 2 is 2.00 bits per heavy atom. The van der Waals surface area contributed by atoms with E-state index in [4.69, 9.17) is 0 Å². The molecule has 1 aliphatic rings. The highest BCUT2D eigenvalue weighted by Gasteiger charge is 2.16. The standard InChI is InChI=1S/C16H18N2/c1-17-16(15-6-3-9-18-11-15)14-8-7-12-4-2-5-13(12)10-14/h3,6-11,16-17H,2,4-5H2,1H3. The van der Waals surface area contributed by atoms with E-state index in [1.165, 1.54) is 41.5 Å². The minimum atomic E-state index is 0.240. The van der Waals surface area contributed by atoms with E-state index in [0.29, 0.717) is 0 Å². The molecule has 1 aromatic carbocycles. The molecule has 3 rings (SSSR count). The van der Waals surface area contributed by atoms with Crippen LogP contribution < -0.4 is 5.32 Å². The maximum atomic E-state index is 4.21. The van der Waals surface area contributed by atoms with Crippen LogP contribution in [0.1, 0.15) is 34.7 Å².